The summed E-state index contributed by atoms with van der Waals surface area (Å²) in [7, 11) is 0. The SMILES string of the molecule is CCONc1ccn([C@@H]2O[C@@](CO)(N=[N+]=[N-])[C@@H](O)[C@@H]2F)c(=O)n1. The number of ether oxygens (including phenoxy) is 1. The van der Waals surface area contributed by atoms with E-state index in [2.05, 4.69) is 20.5 Å². The van der Waals surface area contributed by atoms with Crippen molar-refractivity contribution >= 4 is 5.82 Å². The monoisotopic (exact) mass is 330 g/mol. The van der Waals surface area contributed by atoms with E-state index in [1.54, 1.807) is 6.92 Å². The lowest BCUT2D eigenvalue weighted by Crippen LogP contribution is -2.43. The van der Waals surface area contributed by atoms with Gasteiger partial charge in [-0.15, -0.1) is 0 Å². The molecule has 0 aliphatic carbocycles. The molecule has 4 atom stereocenters. The lowest BCUT2D eigenvalue weighted by Gasteiger charge is -2.23. The molecule has 0 amide bonds. The number of anilines is 1. The van der Waals surface area contributed by atoms with Crippen LogP contribution in [-0.4, -0.2) is 51.0 Å². The average Bonchev–Trinajstić information content (AvgIpc) is 2.79. The van der Waals surface area contributed by atoms with Crippen LogP contribution in [0.1, 0.15) is 13.2 Å². The fraction of sp³-hybridized carbons (Fsp3) is 0.636. The quantitative estimate of drug-likeness (QED) is 0.283. The van der Waals surface area contributed by atoms with Crippen molar-refractivity contribution in [3.05, 3.63) is 33.2 Å². The number of nitrogens with zero attached hydrogens (tertiary/aromatic N) is 5. The highest BCUT2D eigenvalue weighted by atomic mass is 19.1. The van der Waals surface area contributed by atoms with Gasteiger partial charge in [0.25, 0.3) is 0 Å². The number of halogens is 1. The van der Waals surface area contributed by atoms with Crippen molar-refractivity contribution in [1.82, 2.24) is 9.55 Å². The Kier molecular flexibility index (Phi) is 5.13. The van der Waals surface area contributed by atoms with Gasteiger partial charge in [-0.3, -0.25) is 9.40 Å². The molecule has 1 aromatic rings. The summed E-state index contributed by atoms with van der Waals surface area (Å²) < 4.78 is 20.2. The minimum atomic E-state index is -2.21. The Labute approximate surface area is 128 Å². The van der Waals surface area contributed by atoms with Crippen molar-refractivity contribution in [3.8, 4) is 0 Å². The zero-order valence-corrected chi connectivity index (χ0v) is 12.0. The molecule has 1 aromatic heterocycles. The number of aliphatic hydroxyl groups excluding tert-OH is 2. The Morgan fingerprint density at radius 2 is 2.48 bits per heavy atom. The van der Waals surface area contributed by atoms with Crippen LogP contribution in [0.3, 0.4) is 0 Å². The highest BCUT2D eigenvalue weighted by Crippen LogP contribution is 2.39. The number of hydrogen-bond acceptors (Lipinski definition) is 8. The van der Waals surface area contributed by atoms with Gasteiger partial charge in [0.05, 0.1) is 13.2 Å². The van der Waals surface area contributed by atoms with Crippen molar-refractivity contribution in [2.45, 2.75) is 31.2 Å². The maximum absolute atomic E-state index is 14.3. The molecule has 0 saturated carbocycles. The first-order chi connectivity index (χ1) is 11.0. The molecule has 1 saturated heterocycles. The predicted octanol–water partition coefficient (Wildman–Crippen LogP) is -0.167. The molecule has 1 aliphatic rings. The molecular weight excluding hydrogens is 315 g/mol. The lowest BCUT2D eigenvalue weighted by atomic mass is 10.1. The Bertz CT molecular complexity index is 665. The number of rotatable bonds is 6. The second-order valence-corrected chi connectivity index (χ2v) is 4.63. The van der Waals surface area contributed by atoms with Gasteiger partial charge in [-0.05, 0) is 18.5 Å². The molecule has 11 nitrogen and oxygen atoms in total. The van der Waals surface area contributed by atoms with Crippen molar-refractivity contribution in [1.29, 1.82) is 0 Å². The fourth-order valence-electron chi connectivity index (χ4n) is 2.09. The average molecular weight is 330 g/mol. The summed E-state index contributed by atoms with van der Waals surface area (Å²) in [4.78, 5) is 22.9. The van der Waals surface area contributed by atoms with E-state index in [4.69, 9.17) is 15.1 Å². The minimum absolute atomic E-state index is 0.102. The van der Waals surface area contributed by atoms with Crippen LogP contribution in [0.15, 0.2) is 22.2 Å². The molecule has 2 rings (SSSR count). The Morgan fingerprint density at radius 3 is 3.04 bits per heavy atom. The number of aliphatic hydroxyl groups is 2. The molecule has 1 aliphatic heterocycles. The van der Waals surface area contributed by atoms with E-state index < -0.39 is 36.5 Å². The molecule has 0 radical (unpaired) electrons. The first-order valence-corrected chi connectivity index (χ1v) is 6.63. The second kappa shape index (κ2) is 6.89. The van der Waals surface area contributed by atoms with E-state index in [9.17, 15) is 19.4 Å². The Balaban J connectivity index is 2.32. The van der Waals surface area contributed by atoms with Gasteiger partial charge in [0.1, 0.15) is 6.10 Å². The first kappa shape index (κ1) is 17.1. The van der Waals surface area contributed by atoms with Crippen LogP contribution >= 0.6 is 0 Å². The van der Waals surface area contributed by atoms with E-state index in [1.807, 2.05) is 0 Å². The van der Waals surface area contributed by atoms with Crippen molar-refractivity contribution in [2.24, 2.45) is 5.11 Å². The van der Waals surface area contributed by atoms with E-state index in [1.165, 1.54) is 12.3 Å². The number of aromatic nitrogens is 2. The third-order valence-corrected chi connectivity index (χ3v) is 3.23. The molecule has 1 fully saturated rings. The molecule has 0 unspecified atom stereocenters. The van der Waals surface area contributed by atoms with Crippen LogP contribution in [0.25, 0.3) is 10.4 Å². The van der Waals surface area contributed by atoms with Crippen molar-refractivity contribution in [2.75, 3.05) is 18.7 Å². The molecule has 3 N–H and O–H groups in total. The van der Waals surface area contributed by atoms with Gasteiger partial charge in [0, 0.05) is 11.1 Å². The first-order valence-electron chi connectivity index (χ1n) is 6.63. The fourth-order valence-corrected chi connectivity index (χ4v) is 2.09. The lowest BCUT2D eigenvalue weighted by molar-refractivity contribution is -0.124. The van der Waals surface area contributed by atoms with E-state index in [0.717, 1.165) is 4.57 Å². The summed E-state index contributed by atoms with van der Waals surface area (Å²) in [6, 6.07) is 1.33. The van der Waals surface area contributed by atoms with Gasteiger partial charge in [-0.2, -0.15) is 4.98 Å². The van der Waals surface area contributed by atoms with Gasteiger partial charge in [0.2, 0.25) is 5.72 Å². The molecule has 23 heavy (non-hydrogen) atoms. The van der Waals surface area contributed by atoms with E-state index in [-0.39, 0.29) is 5.82 Å². The van der Waals surface area contributed by atoms with Gasteiger partial charge >= 0.3 is 5.69 Å². The van der Waals surface area contributed by atoms with Gasteiger partial charge in [-0.25, -0.2) is 14.7 Å². The van der Waals surface area contributed by atoms with Crippen LogP contribution in [-0.2, 0) is 9.57 Å². The molecule has 126 valence electrons. The standard InChI is InChI=1S/C11H15FN6O5/c1-2-22-15-6-3-4-18(10(21)14-6)9-7(12)8(20)11(5-19,23-9)16-17-13/h3-4,7-9,19-20H,2,5H2,1H3,(H,14,15,21)/t7-,8-,9+,11+/m0/s1. The van der Waals surface area contributed by atoms with E-state index >= 15 is 0 Å². The summed E-state index contributed by atoms with van der Waals surface area (Å²) in [5.74, 6) is 0.102. The second-order valence-electron chi connectivity index (χ2n) is 4.63. The van der Waals surface area contributed by atoms with Crippen LogP contribution < -0.4 is 11.2 Å². The van der Waals surface area contributed by atoms with Crippen LogP contribution in [0.2, 0.25) is 0 Å². The zero-order valence-electron chi connectivity index (χ0n) is 12.0. The van der Waals surface area contributed by atoms with Gasteiger partial charge in [-0.1, -0.05) is 5.11 Å². The molecule has 0 aromatic carbocycles. The summed E-state index contributed by atoms with van der Waals surface area (Å²) >= 11 is 0. The maximum atomic E-state index is 14.3. The predicted molar refractivity (Wildman–Crippen MR) is 73.7 cm³/mol. The van der Waals surface area contributed by atoms with Crippen LogP contribution in [0.5, 0.6) is 0 Å². The highest BCUT2D eigenvalue weighted by molar-refractivity contribution is 5.28. The Hall–Kier alpha value is -2.24. The van der Waals surface area contributed by atoms with E-state index in [0.29, 0.717) is 6.61 Å². The van der Waals surface area contributed by atoms with Crippen molar-refractivity contribution < 1.29 is 24.2 Å². The summed E-state index contributed by atoms with van der Waals surface area (Å²) in [6.07, 6.45) is -4.49. The molecule has 2 heterocycles. The zero-order chi connectivity index (χ0) is 17.0. The molecule has 0 spiro atoms. The summed E-state index contributed by atoms with van der Waals surface area (Å²) in [5, 5.41) is 22.2. The molecular formula is C11H15FN6O5. The third-order valence-electron chi connectivity index (χ3n) is 3.23. The van der Waals surface area contributed by atoms with Crippen molar-refractivity contribution in [3.63, 3.8) is 0 Å². The third kappa shape index (κ3) is 3.11. The van der Waals surface area contributed by atoms with Crippen LogP contribution in [0, 0.1) is 0 Å². The number of azide groups is 1. The number of hydrogen-bond donors (Lipinski definition) is 3. The highest BCUT2D eigenvalue weighted by Gasteiger charge is 2.56. The summed E-state index contributed by atoms with van der Waals surface area (Å²) in [5.41, 5.74) is 7.80. The Morgan fingerprint density at radius 1 is 1.74 bits per heavy atom. The maximum Gasteiger partial charge on any atom is 0.351 e. The largest absolute Gasteiger partial charge is 0.393 e. The smallest absolute Gasteiger partial charge is 0.351 e. The van der Waals surface area contributed by atoms with Gasteiger partial charge < -0.3 is 14.9 Å². The number of alkyl halides is 1. The minimum Gasteiger partial charge on any atom is -0.393 e. The molecule has 12 heteroatoms. The topological polar surface area (TPSA) is 155 Å². The number of nitrogens with one attached hydrogen (secondary N) is 1. The van der Waals surface area contributed by atoms with Crippen LogP contribution in [0.4, 0.5) is 10.2 Å². The summed E-state index contributed by atoms with van der Waals surface area (Å²) in [6.45, 7) is 1.10. The normalized spacial score (nSPS) is 30.0. The van der Waals surface area contributed by atoms with Gasteiger partial charge in [0.15, 0.2) is 18.2 Å². The molecule has 0 bridgehead atoms.